The van der Waals surface area contributed by atoms with Crippen molar-refractivity contribution >= 4 is 0 Å². The van der Waals surface area contributed by atoms with E-state index in [1.165, 1.54) is 19.3 Å². The molecule has 212 valence electrons. The van der Waals surface area contributed by atoms with E-state index in [4.69, 9.17) is 9.47 Å². The fraction of sp³-hybridized carbons (Fsp3) is 1.00. The molecule has 0 amide bonds. The van der Waals surface area contributed by atoms with Crippen molar-refractivity contribution in [1.29, 1.82) is 0 Å². The first-order valence-electron chi connectivity index (χ1n) is 15.1. The number of aliphatic hydroxyl groups is 4. The molecule has 0 bridgehead atoms. The van der Waals surface area contributed by atoms with Gasteiger partial charge in [-0.3, -0.25) is 0 Å². The molecule has 1 saturated heterocycles. The van der Waals surface area contributed by atoms with Gasteiger partial charge in [-0.15, -0.1) is 0 Å². The molecule has 3 fully saturated rings. The normalized spacial score (nSPS) is 40.5. The van der Waals surface area contributed by atoms with E-state index in [9.17, 15) is 20.4 Å². The molecule has 2 saturated carbocycles. The molecule has 6 nitrogen and oxygen atoms in total. The highest BCUT2D eigenvalue weighted by Crippen LogP contribution is 2.43. The third kappa shape index (κ3) is 9.20. The summed E-state index contributed by atoms with van der Waals surface area (Å²) >= 11 is 0. The van der Waals surface area contributed by atoms with E-state index in [1.54, 1.807) is 0 Å². The maximum absolute atomic E-state index is 11.3. The number of aliphatic hydroxyl groups excluding tert-OH is 4. The van der Waals surface area contributed by atoms with E-state index in [1.807, 2.05) is 6.92 Å². The first-order chi connectivity index (χ1) is 17.1. The van der Waals surface area contributed by atoms with E-state index >= 15 is 0 Å². The zero-order chi connectivity index (χ0) is 26.3. The van der Waals surface area contributed by atoms with Crippen molar-refractivity contribution in [3.8, 4) is 0 Å². The van der Waals surface area contributed by atoms with Crippen LogP contribution in [0.25, 0.3) is 0 Å². The highest BCUT2D eigenvalue weighted by atomic mass is 16.6. The van der Waals surface area contributed by atoms with E-state index in [0.29, 0.717) is 61.4 Å². The standard InChI is InChI=1S/C30H56O6/c1-20(11-14-28(33)36-30(4)15-16-35-29(34)19-30)7-5-9-25-22(3)8-6-10-26(25)27(32)18-23-17-24(31)13-12-21(23)2/h20-29,31-34H,5-19H2,1-4H3. The molecule has 0 aromatic rings. The van der Waals surface area contributed by atoms with Gasteiger partial charge in [-0.2, -0.15) is 0 Å². The van der Waals surface area contributed by atoms with Gasteiger partial charge in [0.1, 0.15) is 0 Å². The molecule has 2 aliphatic carbocycles. The topological polar surface area (TPSA) is 99.4 Å². The third-order valence-electron chi connectivity index (χ3n) is 9.96. The largest absolute Gasteiger partial charge is 0.393 e. The fourth-order valence-electron chi connectivity index (χ4n) is 7.42. The van der Waals surface area contributed by atoms with Crippen LogP contribution in [0.3, 0.4) is 0 Å². The maximum atomic E-state index is 11.3. The van der Waals surface area contributed by atoms with Crippen LogP contribution in [-0.2, 0) is 9.47 Å². The van der Waals surface area contributed by atoms with E-state index in [2.05, 4.69) is 20.8 Å². The number of hydrogen-bond donors (Lipinski definition) is 4. The predicted molar refractivity (Wildman–Crippen MR) is 142 cm³/mol. The molecule has 4 N–H and O–H groups in total. The second-order valence-corrected chi connectivity index (χ2v) is 13.2. The summed E-state index contributed by atoms with van der Waals surface area (Å²) in [5, 5.41) is 41.6. The molecule has 0 radical (unpaired) electrons. The monoisotopic (exact) mass is 512 g/mol. The van der Waals surface area contributed by atoms with Gasteiger partial charge in [0.2, 0.25) is 0 Å². The van der Waals surface area contributed by atoms with Crippen LogP contribution < -0.4 is 0 Å². The molecule has 3 rings (SSSR count). The summed E-state index contributed by atoms with van der Waals surface area (Å²) in [5.41, 5.74) is -0.527. The van der Waals surface area contributed by atoms with E-state index < -0.39 is 18.2 Å². The van der Waals surface area contributed by atoms with Crippen LogP contribution in [0.2, 0.25) is 0 Å². The SMILES string of the molecule is CC(CCCC1C(C)CCCC1C(O)CC1CC(O)CCC1C)CCC(O)OC1(C)CCOC(O)C1. The van der Waals surface area contributed by atoms with Gasteiger partial charge >= 0.3 is 0 Å². The van der Waals surface area contributed by atoms with Crippen molar-refractivity contribution in [1.82, 2.24) is 0 Å². The Balaban J connectivity index is 1.40. The number of hydrogen-bond acceptors (Lipinski definition) is 6. The summed E-state index contributed by atoms with van der Waals surface area (Å²) < 4.78 is 11.1. The van der Waals surface area contributed by atoms with Crippen LogP contribution in [-0.4, -0.2) is 57.4 Å². The maximum Gasteiger partial charge on any atom is 0.157 e. The van der Waals surface area contributed by atoms with Gasteiger partial charge in [-0.1, -0.05) is 46.5 Å². The predicted octanol–water partition coefficient (Wildman–Crippen LogP) is 5.40. The molecule has 1 heterocycles. The van der Waals surface area contributed by atoms with Gasteiger partial charge in [0.05, 0.1) is 24.4 Å². The Labute approximate surface area is 220 Å². The summed E-state index contributed by atoms with van der Waals surface area (Å²) in [6.45, 7) is 9.33. The van der Waals surface area contributed by atoms with Crippen molar-refractivity contribution in [2.75, 3.05) is 6.61 Å². The third-order valence-corrected chi connectivity index (χ3v) is 9.96. The van der Waals surface area contributed by atoms with Crippen molar-refractivity contribution in [3.63, 3.8) is 0 Å². The lowest BCUT2D eigenvalue weighted by Gasteiger charge is -2.42. The first kappa shape index (κ1) is 30.3. The van der Waals surface area contributed by atoms with E-state index in [0.717, 1.165) is 51.4 Å². The molecule has 1 aliphatic heterocycles. The van der Waals surface area contributed by atoms with Crippen molar-refractivity contribution in [2.24, 2.45) is 35.5 Å². The Kier molecular flexibility index (Phi) is 12.0. The highest BCUT2D eigenvalue weighted by Gasteiger charge is 2.38. The van der Waals surface area contributed by atoms with Crippen LogP contribution in [0.15, 0.2) is 0 Å². The lowest BCUT2D eigenvalue weighted by atomic mass is 9.66. The highest BCUT2D eigenvalue weighted by molar-refractivity contribution is 4.88. The quantitative estimate of drug-likeness (QED) is 0.262. The first-order valence-corrected chi connectivity index (χ1v) is 15.1. The lowest BCUT2D eigenvalue weighted by molar-refractivity contribution is -0.245. The van der Waals surface area contributed by atoms with Gasteiger partial charge in [0.25, 0.3) is 0 Å². The second kappa shape index (κ2) is 14.2. The van der Waals surface area contributed by atoms with Crippen molar-refractivity contribution in [3.05, 3.63) is 0 Å². The minimum Gasteiger partial charge on any atom is -0.393 e. The zero-order valence-electron chi connectivity index (χ0n) is 23.5. The van der Waals surface area contributed by atoms with Crippen LogP contribution >= 0.6 is 0 Å². The Morgan fingerprint density at radius 2 is 1.78 bits per heavy atom. The van der Waals surface area contributed by atoms with Crippen LogP contribution in [0.1, 0.15) is 118 Å². The zero-order valence-corrected chi connectivity index (χ0v) is 23.5. The van der Waals surface area contributed by atoms with Crippen LogP contribution in [0.5, 0.6) is 0 Å². The Morgan fingerprint density at radius 3 is 2.53 bits per heavy atom. The number of rotatable bonds is 12. The minimum atomic E-state index is -0.808. The molecule has 0 spiro atoms. The van der Waals surface area contributed by atoms with Crippen molar-refractivity contribution < 1.29 is 29.9 Å². The Hall–Kier alpha value is -0.240. The molecule has 0 aromatic carbocycles. The molecule has 6 heteroatoms. The average molecular weight is 513 g/mol. The summed E-state index contributed by atoms with van der Waals surface area (Å²) in [6, 6.07) is 0. The van der Waals surface area contributed by atoms with Gasteiger partial charge in [-0.05, 0) is 100 Å². The average Bonchev–Trinajstić information content (AvgIpc) is 2.80. The Morgan fingerprint density at radius 1 is 1.00 bits per heavy atom. The van der Waals surface area contributed by atoms with Gasteiger partial charge in [0.15, 0.2) is 12.6 Å². The number of ether oxygens (including phenoxy) is 2. The second-order valence-electron chi connectivity index (χ2n) is 13.2. The molecule has 11 unspecified atom stereocenters. The smallest absolute Gasteiger partial charge is 0.157 e. The molecule has 3 aliphatic rings. The van der Waals surface area contributed by atoms with Crippen LogP contribution in [0.4, 0.5) is 0 Å². The summed E-state index contributed by atoms with van der Waals surface area (Å²) in [7, 11) is 0. The summed E-state index contributed by atoms with van der Waals surface area (Å²) in [6.07, 6.45) is 11.4. The summed E-state index contributed by atoms with van der Waals surface area (Å²) in [4.78, 5) is 0. The minimum absolute atomic E-state index is 0.184. The fourth-order valence-corrected chi connectivity index (χ4v) is 7.42. The lowest BCUT2D eigenvalue weighted by Crippen LogP contribution is -2.43. The molecule has 11 atom stereocenters. The molecule has 0 aromatic heterocycles. The van der Waals surface area contributed by atoms with Crippen LogP contribution in [0, 0.1) is 35.5 Å². The van der Waals surface area contributed by atoms with Gasteiger partial charge in [0, 0.05) is 6.42 Å². The van der Waals surface area contributed by atoms with Gasteiger partial charge in [-0.25, -0.2) is 0 Å². The Bertz CT molecular complexity index is 631. The molecular weight excluding hydrogens is 456 g/mol. The van der Waals surface area contributed by atoms with Crippen molar-refractivity contribution in [2.45, 2.75) is 148 Å². The van der Waals surface area contributed by atoms with E-state index in [-0.39, 0.29) is 12.2 Å². The van der Waals surface area contributed by atoms with Gasteiger partial charge < -0.3 is 29.9 Å². The summed E-state index contributed by atoms with van der Waals surface area (Å²) in [5.74, 6) is 3.19. The molecule has 36 heavy (non-hydrogen) atoms. The molecular formula is C30H56O6.